The molecule has 0 aliphatic heterocycles. The summed E-state index contributed by atoms with van der Waals surface area (Å²) < 4.78 is 56.5. The lowest BCUT2D eigenvalue weighted by Crippen LogP contribution is -2.13. The Hall–Kier alpha value is -2.17. The van der Waals surface area contributed by atoms with Gasteiger partial charge in [0.05, 0.1) is 72.7 Å². The molecule has 0 amide bonds. The van der Waals surface area contributed by atoms with Crippen molar-refractivity contribution in [1.29, 1.82) is 0 Å². The lowest BCUT2D eigenvalue weighted by molar-refractivity contribution is -0.00303. The highest BCUT2D eigenvalue weighted by molar-refractivity contribution is 7.48. The van der Waals surface area contributed by atoms with Gasteiger partial charge in [-0.25, -0.2) is 4.57 Å². The average molecular weight is 617 g/mol. The minimum absolute atomic E-state index is 0.0781. The number of phosphoric acid groups is 1. The van der Waals surface area contributed by atoms with Crippen LogP contribution in [0.3, 0.4) is 0 Å². The lowest BCUT2D eigenvalue weighted by Gasteiger charge is -2.18. The average Bonchev–Trinajstić information content (AvgIpc) is 3.03. The first-order chi connectivity index (χ1) is 21.1. The lowest BCUT2D eigenvalue weighted by atomic mass is 9.91. The van der Waals surface area contributed by atoms with Gasteiger partial charge in [-0.3, -0.25) is 13.6 Å². The van der Waals surface area contributed by atoms with Crippen LogP contribution >= 0.6 is 7.82 Å². The third-order valence-corrected chi connectivity index (χ3v) is 8.54. The molecule has 4 aromatic rings. The van der Waals surface area contributed by atoms with E-state index in [9.17, 15) is 4.57 Å². The summed E-state index contributed by atoms with van der Waals surface area (Å²) in [6, 6.07) is 19.7. The Morgan fingerprint density at radius 1 is 0.558 bits per heavy atom. The van der Waals surface area contributed by atoms with Crippen molar-refractivity contribution in [3.05, 3.63) is 60.2 Å². The third-order valence-electron chi connectivity index (χ3n) is 7.04. The van der Waals surface area contributed by atoms with E-state index in [1.54, 1.807) is 7.11 Å². The highest BCUT2D eigenvalue weighted by Crippen LogP contribution is 2.49. The number of aryl methyl sites for hydroxylation is 1. The molecular formula is C33H45O9P. The third kappa shape index (κ3) is 10.5. The fourth-order valence-corrected chi connectivity index (χ4v) is 6.14. The molecule has 0 aromatic heterocycles. The van der Waals surface area contributed by atoms with Gasteiger partial charge in [0.2, 0.25) is 0 Å². The Bertz CT molecular complexity index is 1380. The first-order valence-electron chi connectivity index (χ1n) is 15.1. The normalized spacial score (nSPS) is 13.4. The van der Waals surface area contributed by atoms with Crippen LogP contribution in [0.15, 0.2) is 54.6 Å². The zero-order valence-corrected chi connectivity index (χ0v) is 26.3. The topological polar surface area (TPSA) is 90.9 Å². The summed E-state index contributed by atoms with van der Waals surface area (Å²) in [5.74, 6) is 0. The van der Waals surface area contributed by atoms with Gasteiger partial charge in [-0.15, -0.1) is 0 Å². The molecule has 0 saturated heterocycles. The summed E-state index contributed by atoms with van der Waals surface area (Å²) in [5, 5.41) is 7.72. The molecule has 0 N–H and O–H groups in total. The summed E-state index contributed by atoms with van der Waals surface area (Å²) in [6.07, 6.45) is 2.49. The zero-order chi connectivity index (χ0) is 30.2. The van der Waals surface area contributed by atoms with E-state index >= 15 is 0 Å². The van der Waals surface area contributed by atoms with Crippen molar-refractivity contribution in [2.75, 3.05) is 86.4 Å². The molecule has 0 heterocycles. The predicted octanol–water partition coefficient (Wildman–Crippen LogP) is 6.80. The van der Waals surface area contributed by atoms with Crippen molar-refractivity contribution in [2.45, 2.75) is 26.2 Å². The molecule has 4 aromatic carbocycles. The second kappa shape index (κ2) is 18.6. The summed E-state index contributed by atoms with van der Waals surface area (Å²) in [4.78, 5) is 0. The van der Waals surface area contributed by atoms with Crippen molar-refractivity contribution in [1.82, 2.24) is 0 Å². The number of rotatable bonds is 24. The molecule has 0 saturated carbocycles. The number of ether oxygens (including phenoxy) is 5. The minimum atomic E-state index is -3.75. The largest absolute Gasteiger partial charge is 0.474 e. The maximum absolute atomic E-state index is 13.2. The Morgan fingerprint density at radius 2 is 1.09 bits per heavy atom. The van der Waals surface area contributed by atoms with Crippen LogP contribution < -0.4 is 0 Å². The molecule has 1 unspecified atom stereocenters. The number of methoxy groups -OCH3 is 1. The Kier molecular flexibility index (Phi) is 14.6. The number of hydrogen-bond acceptors (Lipinski definition) is 9. The van der Waals surface area contributed by atoms with Gasteiger partial charge in [0, 0.05) is 13.7 Å². The van der Waals surface area contributed by atoms with Crippen molar-refractivity contribution < 1.29 is 41.8 Å². The van der Waals surface area contributed by atoms with Crippen LogP contribution in [0.1, 0.15) is 25.3 Å². The van der Waals surface area contributed by atoms with Crippen LogP contribution in [0.4, 0.5) is 0 Å². The van der Waals surface area contributed by atoms with Crippen LogP contribution in [-0.4, -0.2) is 86.4 Å². The Morgan fingerprint density at radius 3 is 1.74 bits per heavy atom. The second-order valence-corrected chi connectivity index (χ2v) is 11.7. The second-order valence-electron chi connectivity index (χ2n) is 10.0. The van der Waals surface area contributed by atoms with Crippen LogP contribution in [0.5, 0.6) is 0 Å². The van der Waals surface area contributed by atoms with Gasteiger partial charge in [0.1, 0.15) is 0 Å². The highest BCUT2D eigenvalue weighted by Gasteiger charge is 2.26. The molecule has 4 rings (SSSR count). The summed E-state index contributed by atoms with van der Waals surface area (Å²) in [7, 11) is -2.11. The Balaban J connectivity index is 1.19. The molecule has 0 aliphatic rings. The van der Waals surface area contributed by atoms with E-state index in [2.05, 4.69) is 54.6 Å². The first-order valence-corrected chi connectivity index (χ1v) is 16.6. The van der Waals surface area contributed by atoms with Gasteiger partial charge in [-0.05, 0) is 64.1 Å². The molecule has 0 aliphatic carbocycles. The van der Waals surface area contributed by atoms with E-state index < -0.39 is 7.82 Å². The molecule has 9 nitrogen and oxygen atoms in total. The zero-order valence-electron chi connectivity index (χ0n) is 25.4. The molecule has 43 heavy (non-hydrogen) atoms. The van der Waals surface area contributed by atoms with E-state index in [0.29, 0.717) is 59.3 Å². The smallest absolute Gasteiger partial charge is 0.382 e. The van der Waals surface area contributed by atoms with Crippen LogP contribution in [0.25, 0.3) is 32.3 Å². The quantitative estimate of drug-likeness (QED) is 0.0479. The molecule has 10 heteroatoms. The molecule has 0 spiro atoms. The van der Waals surface area contributed by atoms with Gasteiger partial charge in [-0.2, -0.15) is 0 Å². The molecular weight excluding hydrogens is 571 g/mol. The minimum Gasteiger partial charge on any atom is -0.382 e. The fraction of sp³-hybridized carbons (Fsp3) is 0.515. The van der Waals surface area contributed by atoms with Gasteiger partial charge in [0.25, 0.3) is 0 Å². The molecule has 236 valence electrons. The molecule has 0 radical (unpaired) electrons. The van der Waals surface area contributed by atoms with E-state index in [1.807, 2.05) is 6.92 Å². The fourth-order valence-electron chi connectivity index (χ4n) is 4.96. The van der Waals surface area contributed by atoms with E-state index in [4.69, 9.17) is 37.3 Å². The summed E-state index contributed by atoms with van der Waals surface area (Å²) >= 11 is 0. The highest BCUT2D eigenvalue weighted by atomic mass is 31.2. The van der Waals surface area contributed by atoms with Gasteiger partial charge in [-0.1, -0.05) is 54.6 Å². The van der Waals surface area contributed by atoms with Crippen molar-refractivity contribution >= 4 is 40.1 Å². The standard InChI is InChI=1S/C33H45O9P/c1-3-36-23-25-41-43(34,42-26-24-39-22-21-38-20-19-37-18-17-35-2)40-16-5-4-7-27-10-11-30-13-12-28-8-6-9-29-14-15-31(27)33(30)32(28)29/h6,8-15H,3-5,7,16-26H2,1-2H3. The summed E-state index contributed by atoms with van der Waals surface area (Å²) in [6.45, 7) is 6.37. The summed E-state index contributed by atoms with van der Waals surface area (Å²) in [5.41, 5.74) is 1.30. The molecule has 0 bridgehead atoms. The number of hydrogen-bond donors (Lipinski definition) is 0. The predicted molar refractivity (Wildman–Crippen MR) is 169 cm³/mol. The van der Waals surface area contributed by atoms with Crippen molar-refractivity contribution in [2.24, 2.45) is 0 Å². The van der Waals surface area contributed by atoms with Crippen LogP contribution in [0, 0.1) is 0 Å². The molecule has 0 fully saturated rings. The van der Waals surface area contributed by atoms with Gasteiger partial charge < -0.3 is 23.7 Å². The maximum Gasteiger partial charge on any atom is 0.474 e. The van der Waals surface area contributed by atoms with Gasteiger partial charge >= 0.3 is 7.82 Å². The number of benzene rings is 4. The van der Waals surface area contributed by atoms with Crippen LogP contribution in [0.2, 0.25) is 0 Å². The van der Waals surface area contributed by atoms with E-state index in [0.717, 1.165) is 12.8 Å². The van der Waals surface area contributed by atoms with E-state index in [1.165, 1.54) is 37.9 Å². The number of unbranched alkanes of at least 4 members (excludes halogenated alkanes) is 1. The van der Waals surface area contributed by atoms with Gasteiger partial charge in [0.15, 0.2) is 0 Å². The van der Waals surface area contributed by atoms with Crippen molar-refractivity contribution in [3.63, 3.8) is 0 Å². The SMILES string of the molecule is CCOCCOP(=O)(OCCCCc1ccc2ccc3cccc4ccc1c2c34)OCCOCCOCCOCCOC. The maximum atomic E-state index is 13.2. The molecule has 1 atom stereocenters. The Labute approximate surface area is 254 Å². The first kappa shape index (κ1) is 33.7. The van der Waals surface area contributed by atoms with Crippen molar-refractivity contribution in [3.8, 4) is 0 Å². The van der Waals surface area contributed by atoms with E-state index in [-0.39, 0.29) is 26.4 Å². The monoisotopic (exact) mass is 616 g/mol. The number of phosphoric ester groups is 1. The van der Waals surface area contributed by atoms with Crippen LogP contribution in [-0.2, 0) is 48.2 Å².